The van der Waals surface area contributed by atoms with Crippen LogP contribution in [-0.4, -0.2) is 21.5 Å². The Balaban J connectivity index is 2.19. The summed E-state index contributed by atoms with van der Waals surface area (Å²) >= 11 is 3.36. The molecule has 1 aliphatic carbocycles. The molecule has 0 radical (unpaired) electrons. The van der Waals surface area contributed by atoms with E-state index in [9.17, 15) is 8.42 Å². The van der Waals surface area contributed by atoms with Gasteiger partial charge in [0.2, 0.25) is 10.0 Å². The summed E-state index contributed by atoms with van der Waals surface area (Å²) < 4.78 is 28.8. The first kappa shape index (κ1) is 16.9. The predicted molar refractivity (Wildman–Crippen MR) is 88.7 cm³/mol. The van der Waals surface area contributed by atoms with Crippen molar-refractivity contribution in [1.82, 2.24) is 10.0 Å². The molecule has 21 heavy (non-hydrogen) atoms. The first-order chi connectivity index (χ1) is 10.0. The summed E-state index contributed by atoms with van der Waals surface area (Å²) in [6.07, 6.45) is 6.50. The van der Waals surface area contributed by atoms with Crippen molar-refractivity contribution in [3.05, 3.63) is 28.2 Å². The molecule has 0 atom stereocenters. The number of hydrogen-bond acceptors (Lipinski definition) is 3. The minimum Gasteiger partial charge on any atom is -0.316 e. The van der Waals surface area contributed by atoms with Gasteiger partial charge in [-0.3, -0.25) is 0 Å². The number of hydrogen-bond donors (Lipinski definition) is 2. The maximum absolute atomic E-state index is 12.6. The fraction of sp³-hybridized carbons (Fsp3) is 0.600. The van der Waals surface area contributed by atoms with Gasteiger partial charge in [-0.2, -0.15) is 0 Å². The first-order valence-corrected chi connectivity index (χ1v) is 9.76. The van der Waals surface area contributed by atoms with Gasteiger partial charge in [0.25, 0.3) is 0 Å². The molecular weight excluding hydrogens is 352 g/mol. The third-order valence-electron chi connectivity index (χ3n) is 3.84. The lowest BCUT2D eigenvalue weighted by Crippen LogP contribution is -2.34. The summed E-state index contributed by atoms with van der Waals surface area (Å²) in [7, 11) is -1.63. The number of sulfonamides is 1. The fourth-order valence-corrected chi connectivity index (χ4v) is 5.07. The SMILES string of the molecule is CNCc1ccc(Br)c(S(=O)(=O)NC2CCCCCC2)c1. The highest BCUT2D eigenvalue weighted by molar-refractivity contribution is 9.10. The number of benzene rings is 1. The average Bonchev–Trinajstić information content (AvgIpc) is 2.69. The lowest BCUT2D eigenvalue weighted by molar-refractivity contribution is 0.509. The molecule has 2 rings (SSSR count). The Labute approximate surface area is 135 Å². The summed E-state index contributed by atoms with van der Waals surface area (Å²) in [6, 6.07) is 5.52. The molecule has 0 saturated heterocycles. The van der Waals surface area contributed by atoms with E-state index in [1.54, 1.807) is 12.1 Å². The highest BCUT2D eigenvalue weighted by atomic mass is 79.9. The third kappa shape index (κ3) is 4.77. The summed E-state index contributed by atoms with van der Waals surface area (Å²) in [5, 5.41) is 3.04. The van der Waals surface area contributed by atoms with Gasteiger partial charge in [0.15, 0.2) is 0 Å². The molecule has 0 aliphatic heterocycles. The second-order valence-corrected chi connectivity index (χ2v) is 8.14. The number of nitrogens with one attached hydrogen (secondary N) is 2. The van der Waals surface area contributed by atoms with Crippen LogP contribution in [0.3, 0.4) is 0 Å². The van der Waals surface area contributed by atoms with Crippen molar-refractivity contribution in [2.75, 3.05) is 7.05 Å². The van der Waals surface area contributed by atoms with Crippen molar-refractivity contribution in [2.45, 2.75) is 56.0 Å². The minimum absolute atomic E-state index is 0.0670. The summed E-state index contributed by atoms with van der Waals surface area (Å²) in [4.78, 5) is 0.333. The van der Waals surface area contributed by atoms with Crippen molar-refractivity contribution in [2.24, 2.45) is 0 Å². The van der Waals surface area contributed by atoms with Crippen LogP contribution in [0, 0.1) is 0 Å². The summed E-state index contributed by atoms with van der Waals surface area (Å²) in [5.74, 6) is 0. The monoisotopic (exact) mass is 374 g/mol. The molecule has 6 heteroatoms. The van der Waals surface area contributed by atoms with Crippen molar-refractivity contribution in [3.8, 4) is 0 Å². The molecule has 0 bridgehead atoms. The van der Waals surface area contributed by atoms with Crippen LogP contribution in [0.5, 0.6) is 0 Å². The smallest absolute Gasteiger partial charge is 0.241 e. The minimum atomic E-state index is -3.47. The second-order valence-electron chi connectivity index (χ2n) is 5.60. The fourth-order valence-electron chi connectivity index (χ4n) is 2.75. The van der Waals surface area contributed by atoms with Crippen molar-refractivity contribution >= 4 is 26.0 Å². The zero-order valence-corrected chi connectivity index (χ0v) is 14.8. The molecule has 1 fully saturated rings. The molecule has 1 aromatic carbocycles. The molecular formula is C15H23BrN2O2S. The van der Waals surface area contributed by atoms with Crippen LogP contribution in [-0.2, 0) is 16.6 Å². The van der Waals surface area contributed by atoms with Gasteiger partial charge in [-0.05, 0) is 53.5 Å². The molecule has 4 nitrogen and oxygen atoms in total. The largest absolute Gasteiger partial charge is 0.316 e. The molecule has 118 valence electrons. The average molecular weight is 375 g/mol. The van der Waals surface area contributed by atoms with E-state index < -0.39 is 10.0 Å². The number of halogens is 1. The second kappa shape index (κ2) is 7.72. The third-order valence-corrected chi connectivity index (χ3v) is 6.36. The van der Waals surface area contributed by atoms with E-state index in [2.05, 4.69) is 26.0 Å². The highest BCUT2D eigenvalue weighted by Gasteiger charge is 2.23. The maximum atomic E-state index is 12.6. The first-order valence-electron chi connectivity index (χ1n) is 7.48. The zero-order valence-electron chi connectivity index (χ0n) is 12.4. The van der Waals surface area contributed by atoms with Crippen LogP contribution >= 0.6 is 15.9 Å². The highest BCUT2D eigenvalue weighted by Crippen LogP contribution is 2.25. The number of rotatable bonds is 5. The summed E-state index contributed by atoms with van der Waals surface area (Å²) in [6.45, 7) is 0.652. The molecule has 0 aromatic heterocycles. The van der Waals surface area contributed by atoms with Crippen LogP contribution in [0.1, 0.15) is 44.1 Å². The van der Waals surface area contributed by atoms with Crippen LogP contribution in [0.25, 0.3) is 0 Å². The molecule has 1 aliphatic rings. The Morgan fingerprint density at radius 3 is 2.48 bits per heavy atom. The standard InChI is InChI=1S/C15H23BrN2O2S/c1-17-11-12-8-9-14(16)15(10-12)21(19,20)18-13-6-4-2-3-5-7-13/h8-10,13,17-18H,2-7,11H2,1H3. The molecule has 1 aromatic rings. The van der Waals surface area contributed by atoms with Gasteiger partial charge in [0.05, 0.1) is 4.90 Å². The van der Waals surface area contributed by atoms with E-state index in [0.29, 0.717) is 15.9 Å². The van der Waals surface area contributed by atoms with Crippen LogP contribution < -0.4 is 10.0 Å². The normalized spacial score (nSPS) is 17.6. The lowest BCUT2D eigenvalue weighted by Gasteiger charge is -2.17. The Hall–Kier alpha value is -0.430. The lowest BCUT2D eigenvalue weighted by atomic mass is 10.1. The molecule has 0 unspecified atom stereocenters. The van der Waals surface area contributed by atoms with Gasteiger partial charge in [-0.1, -0.05) is 31.7 Å². The molecule has 2 N–H and O–H groups in total. The van der Waals surface area contributed by atoms with Gasteiger partial charge < -0.3 is 5.32 Å². The van der Waals surface area contributed by atoms with E-state index in [-0.39, 0.29) is 6.04 Å². The van der Waals surface area contributed by atoms with E-state index in [1.165, 1.54) is 12.8 Å². The Morgan fingerprint density at radius 1 is 1.19 bits per heavy atom. The van der Waals surface area contributed by atoms with Crippen LogP contribution in [0.2, 0.25) is 0 Å². The molecule has 0 heterocycles. The topological polar surface area (TPSA) is 58.2 Å². The van der Waals surface area contributed by atoms with E-state index in [4.69, 9.17) is 0 Å². The van der Waals surface area contributed by atoms with Crippen LogP contribution in [0.15, 0.2) is 27.6 Å². The van der Waals surface area contributed by atoms with E-state index >= 15 is 0 Å². The van der Waals surface area contributed by atoms with Crippen LogP contribution in [0.4, 0.5) is 0 Å². The Bertz CT molecular complexity index is 567. The van der Waals surface area contributed by atoms with Gasteiger partial charge >= 0.3 is 0 Å². The Morgan fingerprint density at radius 2 is 1.86 bits per heavy atom. The maximum Gasteiger partial charge on any atom is 0.241 e. The van der Waals surface area contributed by atoms with E-state index in [1.807, 2.05) is 13.1 Å². The molecule has 1 saturated carbocycles. The predicted octanol–water partition coefficient (Wildman–Crippen LogP) is 3.17. The van der Waals surface area contributed by atoms with Crippen molar-refractivity contribution < 1.29 is 8.42 Å². The van der Waals surface area contributed by atoms with Gasteiger partial charge in [-0.15, -0.1) is 0 Å². The summed E-state index contributed by atoms with van der Waals surface area (Å²) in [5.41, 5.74) is 0.960. The van der Waals surface area contributed by atoms with Gasteiger partial charge in [-0.25, -0.2) is 13.1 Å². The molecule has 0 spiro atoms. The van der Waals surface area contributed by atoms with Crippen molar-refractivity contribution in [3.63, 3.8) is 0 Å². The van der Waals surface area contributed by atoms with Gasteiger partial charge in [0.1, 0.15) is 0 Å². The zero-order chi connectivity index (χ0) is 15.3. The Kier molecular flexibility index (Phi) is 6.22. The molecule has 0 amide bonds. The quantitative estimate of drug-likeness (QED) is 0.778. The van der Waals surface area contributed by atoms with Gasteiger partial charge in [0, 0.05) is 17.1 Å². The van der Waals surface area contributed by atoms with E-state index in [0.717, 1.165) is 31.2 Å². The van der Waals surface area contributed by atoms with Crippen molar-refractivity contribution in [1.29, 1.82) is 0 Å².